The molecule has 0 aliphatic carbocycles. The SMILES string of the molecule is COc1cc(C)c(N(C(=N)C(=N)N(c2c(C)cc(OC)cc2C)c2c(C)cc(OC)cc2C)c2c(C)cc(OC)cc2C)c(C)c1. The van der Waals surface area contributed by atoms with Crippen LogP contribution >= 0.6 is 0 Å². The third-order valence-electron chi connectivity index (χ3n) is 8.37. The zero-order valence-corrected chi connectivity index (χ0v) is 29.1. The van der Waals surface area contributed by atoms with Crippen molar-refractivity contribution in [3.05, 3.63) is 93.0 Å². The lowest BCUT2D eigenvalue weighted by molar-refractivity contribution is 0.414. The molecule has 0 saturated heterocycles. The molecule has 0 aliphatic heterocycles. The van der Waals surface area contributed by atoms with E-state index >= 15 is 0 Å². The number of hydrogen-bond acceptors (Lipinski definition) is 6. The molecule has 242 valence electrons. The quantitative estimate of drug-likeness (QED) is 0.150. The number of nitrogens with one attached hydrogen (secondary N) is 2. The maximum absolute atomic E-state index is 9.93. The van der Waals surface area contributed by atoms with Gasteiger partial charge >= 0.3 is 0 Å². The molecule has 0 aromatic heterocycles. The average Bonchev–Trinajstić information content (AvgIpc) is 3.00. The summed E-state index contributed by atoms with van der Waals surface area (Å²) >= 11 is 0. The van der Waals surface area contributed by atoms with Crippen molar-refractivity contribution in [3.63, 3.8) is 0 Å². The van der Waals surface area contributed by atoms with Gasteiger partial charge in [0.25, 0.3) is 0 Å². The minimum absolute atomic E-state index is 0.0111. The zero-order valence-electron chi connectivity index (χ0n) is 29.1. The van der Waals surface area contributed by atoms with Gasteiger partial charge in [-0.15, -0.1) is 0 Å². The lowest BCUT2D eigenvalue weighted by Crippen LogP contribution is -2.42. The highest BCUT2D eigenvalue weighted by atomic mass is 16.5. The van der Waals surface area contributed by atoms with E-state index in [1.165, 1.54) is 0 Å². The Balaban J connectivity index is 2.06. The second-order valence-corrected chi connectivity index (χ2v) is 11.8. The lowest BCUT2D eigenvalue weighted by Gasteiger charge is -2.36. The summed E-state index contributed by atoms with van der Waals surface area (Å²) < 4.78 is 22.3. The molecule has 0 spiro atoms. The van der Waals surface area contributed by atoms with E-state index in [1.54, 1.807) is 28.4 Å². The molecule has 0 saturated carbocycles. The first kappa shape index (κ1) is 33.9. The molecule has 0 aliphatic rings. The summed E-state index contributed by atoms with van der Waals surface area (Å²) in [5.41, 5.74) is 10.6. The van der Waals surface area contributed by atoms with Crippen molar-refractivity contribution in [2.24, 2.45) is 0 Å². The Morgan fingerprint density at radius 3 is 0.652 bits per heavy atom. The molecule has 0 bridgehead atoms. The fourth-order valence-corrected chi connectivity index (χ4v) is 6.43. The zero-order chi connectivity index (χ0) is 34.0. The number of methoxy groups -OCH3 is 4. The van der Waals surface area contributed by atoms with Gasteiger partial charge in [-0.05, 0) is 148 Å². The number of hydrogen-bond donors (Lipinski definition) is 2. The summed E-state index contributed by atoms with van der Waals surface area (Å²) in [7, 11) is 6.60. The largest absolute Gasteiger partial charge is 0.497 e. The molecule has 0 fully saturated rings. The van der Waals surface area contributed by atoms with Crippen LogP contribution in [0.15, 0.2) is 48.5 Å². The van der Waals surface area contributed by atoms with Crippen LogP contribution in [-0.2, 0) is 0 Å². The predicted octanol–water partition coefficient (Wildman–Crippen LogP) is 9.12. The minimum atomic E-state index is 0.0111. The Bertz CT molecular complexity index is 1480. The predicted molar refractivity (Wildman–Crippen MR) is 190 cm³/mol. The molecule has 8 nitrogen and oxygen atoms in total. The van der Waals surface area contributed by atoms with Crippen molar-refractivity contribution >= 4 is 34.4 Å². The molecule has 8 heteroatoms. The number of benzene rings is 4. The third kappa shape index (κ3) is 6.25. The summed E-state index contributed by atoms with van der Waals surface area (Å²) in [5, 5.41) is 19.9. The van der Waals surface area contributed by atoms with E-state index in [-0.39, 0.29) is 11.7 Å². The summed E-state index contributed by atoms with van der Waals surface area (Å²) in [6.07, 6.45) is 0. The van der Waals surface area contributed by atoms with Gasteiger partial charge in [0.05, 0.1) is 51.2 Å². The van der Waals surface area contributed by atoms with Crippen LogP contribution in [0.3, 0.4) is 0 Å². The summed E-state index contributed by atoms with van der Waals surface area (Å²) in [6.45, 7) is 16.1. The Hall–Kier alpha value is -4.98. The molecule has 46 heavy (non-hydrogen) atoms. The maximum Gasteiger partial charge on any atom is 0.173 e. The van der Waals surface area contributed by atoms with E-state index in [4.69, 9.17) is 18.9 Å². The minimum Gasteiger partial charge on any atom is -0.497 e. The van der Waals surface area contributed by atoms with E-state index in [9.17, 15) is 10.8 Å². The molecule has 0 amide bonds. The molecule has 4 aromatic carbocycles. The third-order valence-corrected chi connectivity index (χ3v) is 8.37. The first-order valence-corrected chi connectivity index (χ1v) is 15.2. The Kier molecular flexibility index (Phi) is 10.00. The van der Waals surface area contributed by atoms with Crippen molar-refractivity contribution in [2.75, 3.05) is 38.2 Å². The molecular weight excluding hydrogens is 576 g/mol. The fourth-order valence-electron chi connectivity index (χ4n) is 6.43. The monoisotopic (exact) mass is 622 g/mol. The van der Waals surface area contributed by atoms with Crippen molar-refractivity contribution in [1.29, 1.82) is 10.8 Å². The highest BCUT2D eigenvalue weighted by Gasteiger charge is 2.32. The van der Waals surface area contributed by atoms with Gasteiger partial charge in [0.15, 0.2) is 11.7 Å². The second-order valence-electron chi connectivity index (χ2n) is 11.8. The van der Waals surface area contributed by atoms with Crippen molar-refractivity contribution < 1.29 is 18.9 Å². The standard InChI is InChI=1S/C38H46N4O4/c1-21-13-29(43-9)14-22(2)33(21)41(34-23(3)15-30(44-10)16-24(34)4)37(39)38(40)42(35-25(5)17-31(45-11)18-26(35)6)36-27(7)19-32(46-12)20-28(36)8/h13-20,39-40H,1-12H3. The Morgan fingerprint density at radius 2 is 0.522 bits per heavy atom. The highest BCUT2D eigenvalue weighted by molar-refractivity contribution is 6.50. The fraction of sp³-hybridized carbons (Fsp3) is 0.316. The van der Waals surface area contributed by atoms with Gasteiger partial charge in [0, 0.05) is 0 Å². The number of amidine groups is 2. The molecule has 0 heterocycles. The van der Waals surface area contributed by atoms with Gasteiger partial charge in [-0.1, -0.05) is 0 Å². The smallest absolute Gasteiger partial charge is 0.173 e. The summed E-state index contributed by atoms with van der Waals surface area (Å²) in [6, 6.07) is 15.7. The highest BCUT2D eigenvalue weighted by Crippen LogP contribution is 2.43. The first-order valence-electron chi connectivity index (χ1n) is 15.2. The van der Waals surface area contributed by atoms with E-state index in [0.29, 0.717) is 0 Å². The van der Waals surface area contributed by atoms with Crippen LogP contribution in [0.5, 0.6) is 23.0 Å². The number of aryl methyl sites for hydroxylation is 8. The van der Waals surface area contributed by atoms with Crippen LogP contribution in [0.25, 0.3) is 0 Å². The van der Waals surface area contributed by atoms with Crippen LogP contribution in [0.4, 0.5) is 22.7 Å². The van der Waals surface area contributed by atoms with Gasteiger partial charge < -0.3 is 18.9 Å². The van der Waals surface area contributed by atoms with Crippen molar-refractivity contribution in [3.8, 4) is 23.0 Å². The summed E-state index contributed by atoms with van der Waals surface area (Å²) in [5.74, 6) is 2.96. The van der Waals surface area contributed by atoms with Gasteiger partial charge in [0.1, 0.15) is 23.0 Å². The van der Waals surface area contributed by atoms with Gasteiger partial charge in [-0.2, -0.15) is 0 Å². The maximum atomic E-state index is 9.93. The molecule has 2 N–H and O–H groups in total. The number of anilines is 4. The van der Waals surface area contributed by atoms with Crippen LogP contribution in [0.1, 0.15) is 44.5 Å². The first-order chi connectivity index (χ1) is 21.8. The Labute approximate surface area is 273 Å². The van der Waals surface area contributed by atoms with Crippen LogP contribution in [0.2, 0.25) is 0 Å². The number of ether oxygens (including phenoxy) is 4. The molecule has 0 unspecified atom stereocenters. The van der Waals surface area contributed by atoms with E-state index in [2.05, 4.69) is 0 Å². The summed E-state index contributed by atoms with van der Waals surface area (Å²) in [4.78, 5) is 3.79. The lowest BCUT2D eigenvalue weighted by atomic mass is 10.00. The van der Waals surface area contributed by atoms with Crippen LogP contribution in [0, 0.1) is 66.2 Å². The second kappa shape index (κ2) is 13.6. The number of nitrogens with zero attached hydrogens (tertiary/aromatic N) is 2. The van der Waals surface area contributed by atoms with Crippen LogP contribution < -0.4 is 28.7 Å². The normalized spacial score (nSPS) is 10.8. The average molecular weight is 623 g/mol. The van der Waals surface area contributed by atoms with E-state index in [1.807, 2.05) is 114 Å². The van der Waals surface area contributed by atoms with Crippen LogP contribution in [-0.4, -0.2) is 40.1 Å². The molecular formula is C38H46N4O4. The van der Waals surface area contributed by atoms with Gasteiger partial charge in [0.2, 0.25) is 0 Å². The van der Waals surface area contributed by atoms with Gasteiger partial charge in [-0.3, -0.25) is 20.6 Å². The van der Waals surface area contributed by atoms with E-state index in [0.717, 1.165) is 90.3 Å². The molecule has 4 aromatic rings. The van der Waals surface area contributed by atoms with Crippen molar-refractivity contribution in [2.45, 2.75) is 55.4 Å². The molecule has 4 rings (SSSR count). The van der Waals surface area contributed by atoms with Gasteiger partial charge in [-0.25, -0.2) is 0 Å². The molecule has 0 atom stereocenters. The number of rotatable bonds is 8. The Morgan fingerprint density at radius 1 is 0.370 bits per heavy atom. The molecule has 0 radical (unpaired) electrons. The van der Waals surface area contributed by atoms with Crippen molar-refractivity contribution in [1.82, 2.24) is 0 Å². The topological polar surface area (TPSA) is 91.1 Å². The van der Waals surface area contributed by atoms with E-state index < -0.39 is 0 Å².